The van der Waals surface area contributed by atoms with Gasteiger partial charge in [0.1, 0.15) is 11.4 Å². The molecule has 2 atom stereocenters. The first-order valence-electron chi connectivity index (χ1n) is 15.1. The van der Waals surface area contributed by atoms with Gasteiger partial charge in [-0.1, -0.05) is 23.7 Å². The highest BCUT2D eigenvalue weighted by Gasteiger charge is 2.56. The fraction of sp³-hybridized carbons (Fsp3) is 0.562. The van der Waals surface area contributed by atoms with Crippen molar-refractivity contribution in [3.8, 4) is 0 Å². The molecule has 9 nitrogen and oxygen atoms in total. The standard InChI is InChI=1S/C32H41ClF3N5O4/c1-30(2,3)39-28(43)23-8-11-26(38-18-23)41-15-12-22(13-16-41)27(42)31(40(4)29(44)45-17-5-14-32(34,35)36)20-37-19-25(31)21-6-9-24(33)10-7-21/h6-11,18,22,25,37H,5,12-17,19-20H2,1-4H3,(H,39,43)/t25-,31+/m0/s1. The molecule has 0 radical (unpaired) electrons. The Morgan fingerprint density at radius 3 is 2.36 bits per heavy atom. The summed E-state index contributed by atoms with van der Waals surface area (Å²) in [5, 5.41) is 6.72. The molecule has 2 aliphatic heterocycles. The summed E-state index contributed by atoms with van der Waals surface area (Å²) < 4.78 is 43.1. The molecule has 2 amide bonds. The molecule has 4 rings (SSSR count). The van der Waals surface area contributed by atoms with Crippen molar-refractivity contribution in [2.75, 3.05) is 44.7 Å². The molecular weight excluding hydrogens is 611 g/mol. The van der Waals surface area contributed by atoms with Gasteiger partial charge in [-0.2, -0.15) is 13.2 Å². The minimum absolute atomic E-state index is 0.121. The van der Waals surface area contributed by atoms with Gasteiger partial charge in [0.25, 0.3) is 5.91 Å². The number of hydrogen-bond acceptors (Lipinski definition) is 7. The van der Waals surface area contributed by atoms with Gasteiger partial charge in [-0.25, -0.2) is 9.78 Å². The number of ketones is 1. The van der Waals surface area contributed by atoms with E-state index in [9.17, 15) is 27.6 Å². The topological polar surface area (TPSA) is 104 Å². The molecule has 0 saturated carbocycles. The number of rotatable bonds is 9. The predicted octanol–water partition coefficient (Wildman–Crippen LogP) is 5.59. The molecule has 45 heavy (non-hydrogen) atoms. The lowest BCUT2D eigenvalue weighted by molar-refractivity contribution is -0.137. The van der Waals surface area contributed by atoms with Gasteiger partial charge in [-0.15, -0.1) is 0 Å². The van der Waals surface area contributed by atoms with E-state index < -0.39 is 36.8 Å². The normalized spacial score (nSPS) is 21.0. The van der Waals surface area contributed by atoms with Crippen LogP contribution >= 0.6 is 11.6 Å². The minimum atomic E-state index is -4.35. The Labute approximate surface area is 266 Å². The van der Waals surface area contributed by atoms with Crippen LogP contribution in [0, 0.1) is 5.92 Å². The zero-order valence-electron chi connectivity index (χ0n) is 26.0. The second-order valence-electron chi connectivity index (χ2n) is 12.8. The summed E-state index contributed by atoms with van der Waals surface area (Å²) in [6.45, 7) is 6.97. The van der Waals surface area contributed by atoms with Crippen LogP contribution in [0.3, 0.4) is 0 Å². The molecule has 0 aliphatic carbocycles. The lowest BCUT2D eigenvalue weighted by Gasteiger charge is -2.44. The van der Waals surface area contributed by atoms with E-state index in [1.165, 1.54) is 11.9 Å². The Kier molecular flexibility index (Phi) is 10.7. The first-order valence-corrected chi connectivity index (χ1v) is 15.5. The van der Waals surface area contributed by atoms with E-state index in [1.807, 2.05) is 32.9 Å². The van der Waals surface area contributed by atoms with Crippen molar-refractivity contribution in [2.45, 2.75) is 69.6 Å². The molecular formula is C32H41ClF3N5O4. The number of nitrogens with one attached hydrogen (secondary N) is 2. The highest BCUT2D eigenvalue weighted by atomic mass is 35.5. The summed E-state index contributed by atoms with van der Waals surface area (Å²) >= 11 is 6.13. The number of nitrogens with zero attached hydrogens (tertiary/aromatic N) is 3. The number of ether oxygens (including phenoxy) is 1. The van der Waals surface area contributed by atoms with Crippen molar-refractivity contribution in [1.82, 2.24) is 20.5 Å². The van der Waals surface area contributed by atoms with Gasteiger partial charge in [0.15, 0.2) is 5.78 Å². The largest absolute Gasteiger partial charge is 0.449 e. The average molecular weight is 652 g/mol. The van der Waals surface area contributed by atoms with Gasteiger partial charge in [0, 0.05) is 68.2 Å². The molecule has 2 saturated heterocycles. The van der Waals surface area contributed by atoms with Crippen LogP contribution in [0.1, 0.15) is 68.3 Å². The van der Waals surface area contributed by atoms with E-state index in [-0.39, 0.29) is 36.1 Å². The summed E-state index contributed by atoms with van der Waals surface area (Å²) in [5.74, 6) is -0.442. The molecule has 1 aromatic heterocycles. The summed E-state index contributed by atoms with van der Waals surface area (Å²) in [4.78, 5) is 48.1. The molecule has 13 heteroatoms. The second kappa shape index (κ2) is 13.9. The molecule has 2 aromatic rings. The van der Waals surface area contributed by atoms with E-state index in [0.717, 1.165) is 5.56 Å². The Morgan fingerprint density at radius 1 is 1.11 bits per heavy atom. The number of piperidine rings is 1. The Hall–Kier alpha value is -3.38. The third-order valence-electron chi connectivity index (χ3n) is 8.41. The zero-order chi connectivity index (χ0) is 33.0. The van der Waals surface area contributed by atoms with Crippen molar-refractivity contribution in [2.24, 2.45) is 5.92 Å². The van der Waals surface area contributed by atoms with E-state index in [4.69, 9.17) is 16.3 Å². The van der Waals surface area contributed by atoms with E-state index >= 15 is 0 Å². The number of anilines is 1. The van der Waals surface area contributed by atoms with Crippen LogP contribution in [0.25, 0.3) is 0 Å². The molecule has 1 aromatic carbocycles. The van der Waals surface area contributed by atoms with Crippen molar-refractivity contribution in [3.63, 3.8) is 0 Å². The van der Waals surface area contributed by atoms with Crippen molar-refractivity contribution < 1.29 is 32.3 Å². The summed E-state index contributed by atoms with van der Waals surface area (Å²) in [7, 11) is 1.48. The minimum Gasteiger partial charge on any atom is -0.449 e. The zero-order valence-corrected chi connectivity index (χ0v) is 26.8. The van der Waals surface area contributed by atoms with Gasteiger partial charge >= 0.3 is 12.3 Å². The smallest absolute Gasteiger partial charge is 0.410 e. The number of alkyl halides is 3. The molecule has 2 fully saturated rings. The summed E-state index contributed by atoms with van der Waals surface area (Å²) in [6.07, 6.45) is -4.06. The SMILES string of the molecule is CN(C(=O)OCCCC(F)(F)F)[C@]1(C(=O)C2CCN(c3ccc(C(=O)NC(C)(C)C)cn3)CC2)CNC[C@H]1c1ccc(Cl)cc1. The molecule has 246 valence electrons. The van der Waals surface area contributed by atoms with Crippen LogP contribution in [-0.4, -0.2) is 84.8 Å². The average Bonchev–Trinajstić information content (AvgIpc) is 3.43. The fourth-order valence-corrected chi connectivity index (χ4v) is 6.23. The van der Waals surface area contributed by atoms with Gasteiger partial charge in [-0.3, -0.25) is 14.5 Å². The second-order valence-corrected chi connectivity index (χ2v) is 13.2. The van der Waals surface area contributed by atoms with Gasteiger partial charge in [-0.05, 0) is 69.9 Å². The molecule has 2 aliphatic rings. The number of likely N-dealkylation sites (N-methyl/N-ethyl adjacent to an activating group) is 1. The first-order chi connectivity index (χ1) is 21.1. The fourth-order valence-electron chi connectivity index (χ4n) is 6.10. The predicted molar refractivity (Wildman–Crippen MR) is 166 cm³/mol. The number of carbonyl (C=O) groups excluding carboxylic acids is 3. The lowest BCUT2D eigenvalue weighted by atomic mass is 9.72. The van der Waals surface area contributed by atoms with Gasteiger partial charge in [0.2, 0.25) is 0 Å². The van der Waals surface area contributed by atoms with E-state index in [1.54, 1.807) is 30.5 Å². The van der Waals surface area contributed by atoms with Crippen LogP contribution in [-0.2, 0) is 9.53 Å². The third kappa shape index (κ3) is 8.46. The van der Waals surface area contributed by atoms with E-state index in [0.29, 0.717) is 48.9 Å². The van der Waals surface area contributed by atoms with E-state index in [2.05, 4.69) is 20.5 Å². The third-order valence-corrected chi connectivity index (χ3v) is 8.66. The maximum Gasteiger partial charge on any atom is 0.410 e. The van der Waals surface area contributed by atoms with Crippen LogP contribution in [0.15, 0.2) is 42.6 Å². The number of hydrogen-bond donors (Lipinski definition) is 2. The molecule has 2 N–H and O–H groups in total. The van der Waals surface area contributed by atoms with Crippen LogP contribution in [0.5, 0.6) is 0 Å². The van der Waals surface area contributed by atoms with Crippen molar-refractivity contribution in [3.05, 3.63) is 58.7 Å². The van der Waals surface area contributed by atoms with Crippen LogP contribution in [0.4, 0.5) is 23.8 Å². The maximum absolute atomic E-state index is 14.5. The van der Waals surface area contributed by atoms with Crippen LogP contribution < -0.4 is 15.5 Å². The number of halogens is 4. The van der Waals surface area contributed by atoms with Crippen molar-refractivity contribution >= 4 is 35.2 Å². The Balaban J connectivity index is 1.50. The number of pyridine rings is 1. The lowest BCUT2D eigenvalue weighted by Crippen LogP contribution is -2.62. The highest BCUT2D eigenvalue weighted by Crippen LogP contribution is 2.41. The van der Waals surface area contributed by atoms with Crippen molar-refractivity contribution in [1.29, 1.82) is 0 Å². The van der Waals surface area contributed by atoms with Gasteiger partial charge < -0.3 is 20.3 Å². The Morgan fingerprint density at radius 2 is 1.78 bits per heavy atom. The maximum atomic E-state index is 14.5. The number of aromatic nitrogens is 1. The number of amides is 2. The summed E-state index contributed by atoms with van der Waals surface area (Å²) in [5.41, 5.74) is -0.425. The molecule has 0 bridgehead atoms. The molecule has 3 heterocycles. The monoisotopic (exact) mass is 651 g/mol. The molecule has 0 spiro atoms. The Bertz CT molecular complexity index is 1340. The number of benzene rings is 1. The van der Waals surface area contributed by atoms with Crippen LogP contribution in [0.2, 0.25) is 5.02 Å². The summed E-state index contributed by atoms with van der Waals surface area (Å²) in [6, 6.07) is 10.6. The van der Waals surface area contributed by atoms with Gasteiger partial charge in [0.05, 0.1) is 12.2 Å². The number of Topliss-reactive ketones (excluding diaryl/α,β-unsaturated/α-hetero) is 1. The highest BCUT2D eigenvalue weighted by molar-refractivity contribution is 6.30. The quantitative estimate of drug-likeness (QED) is 0.341. The first kappa shape index (κ1) is 34.5. The number of carbonyl (C=O) groups is 3. The molecule has 0 unspecified atom stereocenters.